The van der Waals surface area contributed by atoms with Gasteiger partial charge in [-0.25, -0.2) is 0 Å². The van der Waals surface area contributed by atoms with Crippen LogP contribution < -0.4 is 0 Å². The molecule has 0 radical (unpaired) electrons. The van der Waals surface area contributed by atoms with E-state index < -0.39 is 0 Å². The van der Waals surface area contributed by atoms with Crippen LogP contribution >= 0.6 is 15.9 Å². The minimum absolute atomic E-state index is 0.0422. The lowest BCUT2D eigenvalue weighted by Crippen LogP contribution is -2.60. The Bertz CT molecular complexity index is 410. The van der Waals surface area contributed by atoms with Gasteiger partial charge in [0.2, 0.25) is 0 Å². The van der Waals surface area contributed by atoms with Crippen molar-refractivity contribution in [2.24, 2.45) is 5.41 Å². The first-order valence-corrected chi connectivity index (χ1v) is 6.42. The summed E-state index contributed by atoms with van der Waals surface area (Å²) in [7, 11) is 0. The molecular formula is C13H15BrO2. The molecule has 3 heteroatoms. The van der Waals surface area contributed by atoms with E-state index in [1.807, 2.05) is 6.07 Å². The summed E-state index contributed by atoms with van der Waals surface area (Å²) in [6.45, 7) is 1.77. The number of hydrogen-bond donors (Lipinski definition) is 1. The van der Waals surface area contributed by atoms with E-state index in [2.05, 4.69) is 34.1 Å². The maximum atomic E-state index is 9.41. The second-order valence-electron chi connectivity index (χ2n) is 5.30. The summed E-state index contributed by atoms with van der Waals surface area (Å²) in [5, 5.41) is 9.41. The SMILES string of the molecule is OCC12COCC(c3cccc(Br)c3)(C1)C2. The lowest BCUT2D eigenvalue weighted by Gasteiger charge is -2.59. The third-order valence-corrected chi connectivity index (χ3v) is 4.48. The maximum Gasteiger partial charge on any atom is 0.0563 e. The zero-order valence-electron chi connectivity index (χ0n) is 9.08. The highest BCUT2D eigenvalue weighted by Gasteiger charge is 2.58. The van der Waals surface area contributed by atoms with Crippen LogP contribution in [0.1, 0.15) is 18.4 Å². The summed E-state index contributed by atoms with van der Waals surface area (Å²) in [6, 6.07) is 8.46. The predicted octanol–water partition coefficient (Wildman–Crippen LogP) is 2.49. The Balaban J connectivity index is 1.91. The number of aliphatic hydroxyl groups excluding tert-OH is 1. The smallest absolute Gasteiger partial charge is 0.0563 e. The van der Waals surface area contributed by atoms with E-state index in [1.165, 1.54) is 5.56 Å². The summed E-state index contributed by atoms with van der Waals surface area (Å²) >= 11 is 3.51. The van der Waals surface area contributed by atoms with Crippen LogP contribution in [-0.2, 0) is 10.2 Å². The molecule has 0 unspecified atom stereocenters. The molecule has 86 valence electrons. The molecule has 2 aliphatic heterocycles. The fourth-order valence-corrected chi connectivity index (χ4v) is 3.71. The van der Waals surface area contributed by atoms with Gasteiger partial charge in [-0.05, 0) is 30.5 Å². The maximum absolute atomic E-state index is 9.41. The quantitative estimate of drug-likeness (QED) is 0.903. The number of halogens is 1. The monoisotopic (exact) mass is 282 g/mol. The molecule has 4 rings (SSSR count). The molecule has 2 bridgehead atoms. The van der Waals surface area contributed by atoms with Crippen molar-refractivity contribution in [2.45, 2.75) is 18.3 Å². The summed E-state index contributed by atoms with van der Waals surface area (Å²) in [5.74, 6) is 0. The molecule has 0 amide bonds. The van der Waals surface area contributed by atoms with Crippen LogP contribution in [0.5, 0.6) is 0 Å². The largest absolute Gasteiger partial charge is 0.396 e. The van der Waals surface area contributed by atoms with Crippen molar-refractivity contribution >= 4 is 15.9 Å². The molecule has 0 atom stereocenters. The highest BCUT2D eigenvalue weighted by Crippen LogP contribution is 2.58. The highest BCUT2D eigenvalue weighted by molar-refractivity contribution is 9.10. The van der Waals surface area contributed by atoms with Crippen LogP contribution in [0.25, 0.3) is 0 Å². The van der Waals surface area contributed by atoms with Gasteiger partial charge in [-0.1, -0.05) is 28.1 Å². The lowest BCUT2D eigenvalue weighted by molar-refractivity contribution is -0.170. The van der Waals surface area contributed by atoms with Crippen LogP contribution in [0, 0.1) is 5.41 Å². The van der Waals surface area contributed by atoms with Gasteiger partial charge in [-0.15, -0.1) is 0 Å². The average molecular weight is 283 g/mol. The number of ether oxygens (including phenoxy) is 1. The first kappa shape index (κ1) is 10.8. The van der Waals surface area contributed by atoms with Crippen LogP contribution in [0.15, 0.2) is 28.7 Å². The van der Waals surface area contributed by atoms with E-state index in [-0.39, 0.29) is 17.4 Å². The molecule has 3 aliphatic rings. The Morgan fingerprint density at radius 1 is 1.31 bits per heavy atom. The Morgan fingerprint density at radius 2 is 2.12 bits per heavy atom. The minimum atomic E-state index is 0.0422. The first-order chi connectivity index (χ1) is 7.68. The lowest BCUT2D eigenvalue weighted by atomic mass is 9.50. The van der Waals surface area contributed by atoms with E-state index in [1.54, 1.807) is 0 Å². The Kier molecular flexibility index (Phi) is 2.39. The van der Waals surface area contributed by atoms with Crippen molar-refractivity contribution in [1.82, 2.24) is 0 Å². The Hall–Kier alpha value is -0.380. The third-order valence-electron chi connectivity index (χ3n) is 3.99. The molecule has 0 aromatic heterocycles. The summed E-state index contributed by atoms with van der Waals surface area (Å²) < 4.78 is 6.77. The summed E-state index contributed by atoms with van der Waals surface area (Å²) in [4.78, 5) is 0. The van der Waals surface area contributed by atoms with Crippen molar-refractivity contribution in [3.05, 3.63) is 34.3 Å². The first-order valence-electron chi connectivity index (χ1n) is 5.63. The zero-order chi connectivity index (χ0) is 11.2. The molecule has 1 aromatic rings. The van der Waals surface area contributed by atoms with Crippen molar-refractivity contribution in [3.63, 3.8) is 0 Å². The van der Waals surface area contributed by atoms with E-state index in [4.69, 9.17) is 4.74 Å². The molecule has 1 aromatic carbocycles. The fourth-order valence-electron chi connectivity index (χ4n) is 3.31. The van der Waals surface area contributed by atoms with Crippen molar-refractivity contribution in [3.8, 4) is 0 Å². The van der Waals surface area contributed by atoms with Crippen molar-refractivity contribution in [1.29, 1.82) is 0 Å². The number of hydrogen-bond acceptors (Lipinski definition) is 2. The predicted molar refractivity (Wildman–Crippen MR) is 65.4 cm³/mol. The minimum Gasteiger partial charge on any atom is -0.396 e. The standard InChI is InChI=1S/C13H15BrO2/c14-11-3-1-2-10(4-11)13-5-12(6-13,7-15)8-16-9-13/h1-4,15H,5-9H2. The van der Waals surface area contributed by atoms with Gasteiger partial charge in [0.25, 0.3) is 0 Å². The van der Waals surface area contributed by atoms with E-state index in [0.29, 0.717) is 0 Å². The van der Waals surface area contributed by atoms with E-state index in [0.717, 1.165) is 30.5 Å². The molecule has 2 heterocycles. The molecule has 16 heavy (non-hydrogen) atoms. The molecular weight excluding hydrogens is 268 g/mol. The molecule has 1 N–H and O–H groups in total. The normalized spacial score (nSPS) is 36.9. The Morgan fingerprint density at radius 3 is 2.81 bits per heavy atom. The third kappa shape index (κ3) is 1.45. The molecule has 0 spiro atoms. The topological polar surface area (TPSA) is 29.5 Å². The second kappa shape index (κ2) is 3.56. The molecule has 3 fully saturated rings. The number of fused-ring (bicyclic) bond motifs is 2. The van der Waals surface area contributed by atoms with Gasteiger partial charge in [0.15, 0.2) is 0 Å². The number of benzene rings is 1. The van der Waals surface area contributed by atoms with Gasteiger partial charge in [-0.3, -0.25) is 0 Å². The molecule has 2 saturated heterocycles. The average Bonchev–Trinajstić information content (AvgIpc) is 2.28. The Labute approximate surface area is 104 Å². The zero-order valence-corrected chi connectivity index (χ0v) is 10.7. The van der Waals surface area contributed by atoms with Gasteiger partial charge < -0.3 is 9.84 Å². The van der Waals surface area contributed by atoms with Crippen molar-refractivity contribution in [2.75, 3.05) is 19.8 Å². The van der Waals surface area contributed by atoms with Crippen molar-refractivity contribution < 1.29 is 9.84 Å². The molecule has 1 aliphatic carbocycles. The van der Waals surface area contributed by atoms with Crippen LogP contribution in [-0.4, -0.2) is 24.9 Å². The van der Waals surface area contributed by atoms with Gasteiger partial charge in [-0.2, -0.15) is 0 Å². The van der Waals surface area contributed by atoms with Gasteiger partial charge in [0.1, 0.15) is 0 Å². The van der Waals surface area contributed by atoms with E-state index in [9.17, 15) is 5.11 Å². The number of rotatable bonds is 2. The van der Waals surface area contributed by atoms with Gasteiger partial charge in [0, 0.05) is 15.3 Å². The molecule has 2 nitrogen and oxygen atoms in total. The summed E-state index contributed by atoms with van der Waals surface area (Å²) in [5.41, 5.74) is 1.54. The van der Waals surface area contributed by atoms with Gasteiger partial charge >= 0.3 is 0 Å². The number of aliphatic hydroxyl groups is 1. The fraction of sp³-hybridized carbons (Fsp3) is 0.538. The van der Waals surface area contributed by atoms with E-state index >= 15 is 0 Å². The molecule has 1 saturated carbocycles. The highest BCUT2D eigenvalue weighted by atomic mass is 79.9. The second-order valence-corrected chi connectivity index (χ2v) is 6.21. The summed E-state index contributed by atoms with van der Waals surface area (Å²) in [6.07, 6.45) is 2.12. The van der Waals surface area contributed by atoms with Crippen LogP contribution in [0.4, 0.5) is 0 Å². The van der Waals surface area contributed by atoms with Crippen LogP contribution in [0.2, 0.25) is 0 Å². The van der Waals surface area contributed by atoms with Crippen LogP contribution in [0.3, 0.4) is 0 Å². The van der Waals surface area contributed by atoms with Gasteiger partial charge in [0.05, 0.1) is 19.8 Å².